The predicted molar refractivity (Wildman–Crippen MR) is 73.9 cm³/mol. The van der Waals surface area contributed by atoms with Crippen LogP contribution in [0.1, 0.15) is 41.6 Å². The van der Waals surface area contributed by atoms with Crippen LogP contribution in [-0.4, -0.2) is 5.11 Å². The molecular weight excluding hydrogens is 263 g/mol. The van der Waals surface area contributed by atoms with E-state index in [9.17, 15) is 9.50 Å². The minimum Gasteiger partial charge on any atom is -0.384 e. The summed E-state index contributed by atoms with van der Waals surface area (Å²) >= 11 is 5.72. The molecule has 0 spiro atoms. The second-order valence-corrected chi connectivity index (χ2v) is 5.45. The summed E-state index contributed by atoms with van der Waals surface area (Å²) in [5.74, 6) is 0.138. The minimum atomic E-state index is -0.948. The Labute approximate surface area is 116 Å². The van der Waals surface area contributed by atoms with Crippen LogP contribution in [0.15, 0.2) is 42.5 Å². The van der Waals surface area contributed by atoms with Gasteiger partial charge in [-0.25, -0.2) is 4.39 Å². The topological polar surface area (TPSA) is 20.2 Å². The van der Waals surface area contributed by atoms with Crippen LogP contribution in [0.4, 0.5) is 4.39 Å². The Balaban J connectivity index is 1.94. The summed E-state index contributed by atoms with van der Waals surface area (Å²) in [6.45, 7) is 0. The van der Waals surface area contributed by atoms with Gasteiger partial charge in [-0.05, 0) is 42.0 Å². The van der Waals surface area contributed by atoms with Crippen LogP contribution in [-0.2, 0) is 0 Å². The lowest BCUT2D eigenvalue weighted by atomic mass is 9.98. The molecule has 1 N–H and O–H groups in total. The number of benzene rings is 2. The van der Waals surface area contributed by atoms with Crippen molar-refractivity contribution in [3.63, 3.8) is 0 Å². The number of halogens is 2. The SMILES string of the molecule is OC(c1cccc(C2CC2)c1)c1ccc(Cl)cc1F. The lowest BCUT2D eigenvalue weighted by molar-refractivity contribution is 0.215. The Morgan fingerprint density at radius 1 is 1.16 bits per heavy atom. The van der Waals surface area contributed by atoms with Crippen LogP contribution in [0, 0.1) is 5.82 Å². The van der Waals surface area contributed by atoms with E-state index in [0.717, 1.165) is 5.56 Å². The predicted octanol–water partition coefficient (Wildman–Crippen LogP) is 4.44. The molecule has 2 aromatic rings. The number of hydrogen-bond donors (Lipinski definition) is 1. The average Bonchev–Trinajstić information content (AvgIpc) is 3.22. The fraction of sp³-hybridized carbons (Fsp3) is 0.250. The number of aliphatic hydroxyl groups is 1. The van der Waals surface area contributed by atoms with E-state index >= 15 is 0 Å². The molecule has 19 heavy (non-hydrogen) atoms. The molecule has 1 fully saturated rings. The molecule has 0 bridgehead atoms. The van der Waals surface area contributed by atoms with Crippen LogP contribution < -0.4 is 0 Å². The quantitative estimate of drug-likeness (QED) is 0.879. The van der Waals surface area contributed by atoms with Crippen molar-refractivity contribution in [2.24, 2.45) is 0 Å². The Kier molecular flexibility index (Phi) is 3.29. The van der Waals surface area contributed by atoms with Crippen LogP contribution in [0.25, 0.3) is 0 Å². The van der Waals surface area contributed by atoms with Crippen molar-refractivity contribution in [1.29, 1.82) is 0 Å². The molecule has 1 aliphatic carbocycles. The third-order valence-electron chi connectivity index (χ3n) is 3.53. The third-order valence-corrected chi connectivity index (χ3v) is 3.77. The smallest absolute Gasteiger partial charge is 0.130 e. The zero-order valence-corrected chi connectivity index (χ0v) is 11.1. The van der Waals surface area contributed by atoms with Crippen molar-refractivity contribution in [2.45, 2.75) is 24.9 Å². The van der Waals surface area contributed by atoms with Gasteiger partial charge in [0, 0.05) is 10.6 Å². The molecule has 3 heteroatoms. The van der Waals surface area contributed by atoms with Gasteiger partial charge in [0.25, 0.3) is 0 Å². The van der Waals surface area contributed by atoms with Gasteiger partial charge in [-0.3, -0.25) is 0 Å². The maximum absolute atomic E-state index is 13.8. The molecule has 3 rings (SSSR count). The van der Waals surface area contributed by atoms with Gasteiger partial charge in [0.15, 0.2) is 0 Å². The Morgan fingerprint density at radius 3 is 2.63 bits per heavy atom. The number of aliphatic hydroxyl groups excluding tert-OH is 1. The van der Waals surface area contributed by atoms with Crippen molar-refractivity contribution in [3.8, 4) is 0 Å². The Hall–Kier alpha value is -1.38. The van der Waals surface area contributed by atoms with Crippen LogP contribution in [0.2, 0.25) is 5.02 Å². The number of rotatable bonds is 3. The standard InChI is InChI=1S/C16H14ClFO/c17-13-6-7-14(15(18)9-13)16(19)12-3-1-2-11(8-12)10-4-5-10/h1-3,6-10,16,19H,4-5H2. The molecular formula is C16H14ClFO. The fourth-order valence-electron chi connectivity index (χ4n) is 2.30. The molecule has 1 unspecified atom stereocenters. The maximum Gasteiger partial charge on any atom is 0.130 e. The van der Waals surface area contributed by atoms with Gasteiger partial charge >= 0.3 is 0 Å². The zero-order valence-electron chi connectivity index (χ0n) is 10.3. The Bertz CT molecular complexity index is 607. The lowest BCUT2D eigenvalue weighted by Crippen LogP contribution is -2.03. The highest BCUT2D eigenvalue weighted by Crippen LogP contribution is 2.41. The largest absolute Gasteiger partial charge is 0.384 e. The summed E-state index contributed by atoms with van der Waals surface area (Å²) in [4.78, 5) is 0. The zero-order chi connectivity index (χ0) is 13.4. The van der Waals surface area contributed by atoms with Crippen molar-refractivity contribution < 1.29 is 9.50 Å². The summed E-state index contributed by atoms with van der Waals surface area (Å²) in [6, 6.07) is 12.1. The fourth-order valence-corrected chi connectivity index (χ4v) is 2.46. The van der Waals surface area contributed by atoms with E-state index < -0.39 is 11.9 Å². The van der Waals surface area contributed by atoms with Gasteiger partial charge in [0.2, 0.25) is 0 Å². The van der Waals surface area contributed by atoms with Gasteiger partial charge in [-0.1, -0.05) is 41.9 Å². The first kappa shape index (κ1) is 12.6. The van der Waals surface area contributed by atoms with E-state index in [4.69, 9.17) is 11.6 Å². The molecule has 0 aromatic heterocycles. The molecule has 1 atom stereocenters. The molecule has 1 aliphatic rings. The Morgan fingerprint density at radius 2 is 1.95 bits per heavy atom. The first-order chi connectivity index (χ1) is 9.15. The van der Waals surface area contributed by atoms with Gasteiger partial charge < -0.3 is 5.11 Å². The molecule has 0 radical (unpaired) electrons. The minimum absolute atomic E-state index is 0.261. The van der Waals surface area contributed by atoms with Crippen molar-refractivity contribution in [3.05, 3.63) is 70.0 Å². The summed E-state index contributed by atoms with van der Waals surface area (Å²) in [7, 11) is 0. The third kappa shape index (κ3) is 2.65. The van der Waals surface area contributed by atoms with Crippen LogP contribution in [0.3, 0.4) is 0 Å². The summed E-state index contributed by atoms with van der Waals surface area (Å²) < 4.78 is 13.8. The molecule has 2 aromatic carbocycles. The van der Waals surface area contributed by atoms with Gasteiger partial charge in [-0.15, -0.1) is 0 Å². The first-order valence-corrected chi connectivity index (χ1v) is 6.76. The van der Waals surface area contributed by atoms with E-state index in [1.807, 2.05) is 18.2 Å². The van der Waals surface area contributed by atoms with E-state index in [-0.39, 0.29) is 5.56 Å². The normalized spacial score (nSPS) is 16.4. The molecule has 0 heterocycles. The molecule has 0 amide bonds. The summed E-state index contributed by atoms with van der Waals surface area (Å²) in [6.07, 6.45) is 1.46. The molecule has 0 aliphatic heterocycles. The number of hydrogen-bond acceptors (Lipinski definition) is 1. The molecule has 98 valence electrons. The van der Waals surface area contributed by atoms with E-state index in [1.54, 1.807) is 6.07 Å². The maximum atomic E-state index is 13.8. The highest BCUT2D eigenvalue weighted by molar-refractivity contribution is 6.30. The van der Waals surface area contributed by atoms with Crippen molar-refractivity contribution in [2.75, 3.05) is 0 Å². The molecule has 1 nitrogen and oxygen atoms in total. The molecule has 0 saturated heterocycles. The van der Waals surface area contributed by atoms with Gasteiger partial charge in [0.1, 0.15) is 11.9 Å². The highest BCUT2D eigenvalue weighted by Gasteiger charge is 2.24. The average molecular weight is 277 g/mol. The van der Waals surface area contributed by atoms with Crippen molar-refractivity contribution >= 4 is 11.6 Å². The monoisotopic (exact) mass is 276 g/mol. The van der Waals surface area contributed by atoms with Crippen LogP contribution in [0.5, 0.6) is 0 Å². The summed E-state index contributed by atoms with van der Waals surface area (Å²) in [5.41, 5.74) is 2.22. The highest BCUT2D eigenvalue weighted by atomic mass is 35.5. The second-order valence-electron chi connectivity index (χ2n) is 5.01. The molecule has 1 saturated carbocycles. The van der Waals surface area contributed by atoms with E-state index in [1.165, 1.54) is 30.5 Å². The van der Waals surface area contributed by atoms with Crippen molar-refractivity contribution in [1.82, 2.24) is 0 Å². The van der Waals surface area contributed by atoms with E-state index in [2.05, 4.69) is 6.07 Å². The van der Waals surface area contributed by atoms with Crippen LogP contribution >= 0.6 is 11.6 Å². The second kappa shape index (κ2) is 4.95. The van der Waals surface area contributed by atoms with Gasteiger partial charge in [-0.2, -0.15) is 0 Å². The lowest BCUT2D eigenvalue weighted by Gasteiger charge is -2.13. The summed E-state index contributed by atoms with van der Waals surface area (Å²) in [5, 5.41) is 10.6. The van der Waals surface area contributed by atoms with E-state index in [0.29, 0.717) is 10.9 Å². The first-order valence-electron chi connectivity index (χ1n) is 6.38. The van der Waals surface area contributed by atoms with Gasteiger partial charge in [0.05, 0.1) is 0 Å².